The van der Waals surface area contributed by atoms with Crippen LogP contribution in [0.2, 0.25) is 0 Å². The van der Waals surface area contributed by atoms with E-state index in [1.54, 1.807) is 0 Å². The molecule has 1 atom stereocenters. The van der Waals surface area contributed by atoms with Gasteiger partial charge in [-0.25, -0.2) is 0 Å². The van der Waals surface area contributed by atoms with E-state index in [1.807, 2.05) is 12.1 Å². The average Bonchev–Trinajstić information content (AvgIpc) is 2.92. The lowest BCUT2D eigenvalue weighted by Gasteiger charge is -2.12. The van der Waals surface area contributed by atoms with Crippen LogP contribution < -0.4 is 4.74 Å². The summed E-state index contributed by atoms with van der Waals surface area (Å²) in [4.78, 5) is 0. The van der Waals surface area contributed by atoms with Crippen LogP contribution >= 0.6 is 0 Å². The van der Waals surface area contributed by atoms with Gasteiger partial charge in [-0.3, -0.25) is 0 Å². The summed E-state index contributed by atoms with van der Waals surface area (Å²) in [5.74, 6) is 1.02. The van der Waals surface area contributed by atoms with E-state index in [9.17, 15) is 5.11 Å². The van der Waals surface area contributed by atoms with E-state index in [0.717, 1.165) is 37.2 Å². The smallest absolute Gasteiger partial charge is 0.122 e. The molecule has 104 valence electrons. The molecule has 1 aliphatic rings. The van der Waals surface area contributed by atoms with E-state index in [2.05, 4.69) is 37.3 Å². The van der Waals surface area contributed by atoms with Crippen molar-refractivity contribution in [1.82, 2.24) is 0 Å². The van der Waals surface area contributed by atoms with E-state index in [0.29, 0.717) is 0 Å². The zero-order chi connectivity index (χ0) is 13.9. The Bertz CT molecular complexity index is 604. The predicted octanol–water partition coefficient (Wildman–Crippen LogP) is 3.60. The fraction of sp³-hybridized carbons (Fsp3) is 0.333. The van der Waals surface area contributed by atoms with Gasteiger partial charge < -0.3 is 9.84 Å². The van der Waals surface area contributed by atoms with Crippen molar-refractivity contribution in [3.8, 4) is 5.75 Å². The minimum absolute atomic E-state index is 0.389. The van der Waals surface area contributed by atoms with Crippen molar-refractivity contribution in [3.05, 3.63) is 64.7 Å². The SMILES string of the molecule is Cc1cccc(C(O)CCc2ccc3c(c2)CCO3)c1. The zero-order valence-corrected chi connectivity index (χ0v) is 11.8. The highest BCUT2D eigenvalue weighted by Gasteiger charge is 2.13. The first-order valence-corrected chi connectivity index (χ1v) is 7.21. The van der Waals surface area contributed by atoms with Crippen molar-refractivity contribution in [3.63, 3.8) is 0 Å². The van der Waals surface area contributed by atoms with Crippen LogP contribution in [0.3, 0.4) is 0 Å². The Morgan fingerprint density at radius 1 is 1.20 bits per heavy atom. The van der Waals surface area contributed by atoms with Crippen LogP contribution in [-0.2, 0) is 12.8 Å². The summed E-state index contributed by atoms with van der Waals surface area (Å²) in [6, 6.07) is 14.5. The van der Waals surface area contributed by atoms with Gasteiger partial charge in [-0.2, -0.15) is 0 Å². The second-order valence-corrected chi connectivity index (χ2v) is 5.51. The maximum atomic E-state index is 10.3. The second kappa shape index (κ2) is 5.68. The Hall–Kier alpha value is -1.80. The van der Waals surface area contributed by atoms with Crippen LogP contribution in [-0.4, -0.2) is 11.7 Å². The molecule has 0 bridgehead atoms. The van der Waals surface area contributed by atoms with E-state index in [-0.39, 0.29) is 6.10 Å². The van der Waals surface area contributed by atoms with Gasteiger partial charge in [0.1, 0.15) is 5.75 Å². The molecular formula is C18H20O2. The lowest BCUT2D eigenvalue weighted by molar-refractivity contribution is 0.168. The molecule has 3 rings (SSSR count). The molecule has 0 saturated heterocycles. The number of aliphatic hydroxyl groups is 1. The minimum Gasteiger partial charge on any atom is -0.493 e. The molecule has 0 aliphatic carbocycles. The summed E-state index contributed by atoms with van der Waals surface area (Å²) in [6.45, 7) is 2.85. The number of hydrogen-bond donors (Lipinski definition) is 1. The highest BCUT2D eigenvalue weighted by Crippen LogP contribution is 2.27. The maximum absolute atomic E-state index is 10.3. The second-order valence-electron chi connectivity index (χ2n) is 5.51. The molecule has 0 amide bonds. The summed E-state index contributed by atoms with van der Waals surface area (Å²) < 4.78 is 5.51. The molecule has 0 radical (unpaired) electrons. The van der Waals surface area contributed by atoms with E-state index < -0.39 is 0 Å². The predicted molar refractivity (Wildman–Crippen MR) is 80.1 cm³/mol. The first-order valence-electron chi connectivity index (χ1n) is 7.21. The fourth-order valence-corrected chi connectivity index (χ4v) is 2.74. The first-order chi connectivity index (χ1) is 9.72. The third kappa shape index (κ3) is 2.86. The number of ether oxygens (including phenoxy) is 1. The van der Waals surface area contributed by atoms with Crippen molar-refractivity contribution in [2.45, 2.75) is 32.3 Å². The van der Waals surface area contributed by atoms with Crippen molar-refractivity contribution >= 4 is 0 Å². The molecule has 2 heteroatoms. The van der Waals surface area contributed by atoms with Gasteiger partial charge in [0.05, 0.1) is 12.7 Å². The Morgan fingerprint density at radius 3 is 2.95 bits per heavy atom. The maximum Gasteiger partial charge on any atom is 0.122 e. The summed E-state index contributed by atoms with van der Waals surface area (Å²) in [5, 5.41) is 10.3. The third-order valence-electron chi connectivity index (χ3n) is 3.89. The zero-order valence-electron chi connectivity index (χ0n) is 11.8. The molecule has 0 saturated carbocycles. The van der Waals surface area contributed by atoms with Gasteiger partial charge in [-0.1, -0.05) is 42.0 Å². The molecule has 0 spiro atoms. The van der Waals surface area contributed by atoms with Crippen LogP contribution in [0, 0.1) is 6.92 Å². The lowest BCUT2D eigenvalue weighted by Crippen LogP contribution is -2.00. The number of aliphatic hydroxyl groups excluding tert-OH is 1. The van der Waals surface area contributed by atoms with Gasteiger partial charge in [-0.05, 0) is 42.5 Å². The minimum atomic E-state index is -0.389. The van der Waals surface area contributed by atoms with Crippen LogP contribution in [0.15, 0.2) is 42.5 Å². The highest BCUT2D eigenvalue weighted by molar-refractivity contribution is 5.39. The fourth-order valence-electron chi connectivity index (χ4n) is 2.74. The summed E-state index contributed by atoms with van der Waals surface area (Å²) in [5.41, 5.74) is 4.78. The van der Waals surface area contributed by atoms with E-state index in [4.69, 9.17) is 4.74 Å². The number of rotatable bonds is 4. The van der Waals surface area contributed by atoms with Gasteiger partial charge in [0, 0.05) is 6.42 Å². The summed E-state index contributed by atoms with van der Waals surface area (Å²) >= 11 is 0. The Balaban J connectivity index is 1.64. The molecule has 1 unspecified atom stereocenters. The van der Waals surface area contributed by atoms with Crippen molar-refractivity contribution < 1.29 is 9.84 Å². The van der Waals surface area contributed by atoms with Crippen LogP contribution in [0.5, 0.6) is 5.75 Å². The molecule has 20 heavy (non-hydrogen) atoms. The number of hydrogen-bond acceptors (Lipinski definition) is 2. The van der Waals surface area contributed by atoms with Gasteiger partial charge >= 0.3 is 0 Å². The van der Waals surface area contributed by atoms with Gasteiger partial charge in [-0.15, -0.1) is 0 Å². The van der Waals surface area contributed by atoms with Gasteiger partial charge in [0.25, 0.3) is 0 Å². The normalized spacial score (nSPS) is 14.7. The highest BCUT2D eigenvalue weighted by atomic mass is 16.5. The van der Waals surface area contributed by atoms with E-state index >= 15 is 0 Å². The molecule has 0 fully saturated rings. The molecule has 2 nitrogen and oxygen atoms in total. The molecule has 0 aromatic heterocycles. The number of benzene rings is 2. The molecule has 1 heterocycles. The Kier molecular flexibility index (Phi) is 3.75. The Morgan fingerprint density at radius 2 is 2.10 bits per heavy atom. The first kappa shape index (κ1) is 13.2. The molecule has 1 N–H and O–H groups in total. The standard InChI is InChI=1S/C18H20O2/c1-13-3-2-4-15(11-13)17(19)7-5-14-6-8-18-16(12-14)9-10-20-18/h2-4,6,8,11-12,17,19H,5,7,9-10H2,1H3. The van der Waals surface area contributed by atoms with Crippen LogP contribution in [0.1, 0.15) is 34.8 Å². The average molecular weight is 268 g/mol. The largest absolute Gasteiger partial charge is 0.493 e. The molecular weight excluding hydrogens is 248 g/mol. The summed E-state index contributed by atoms with van der Waals surface area (Å²) in [6.07, 6.45) is 2.26. The summed E-state index contributed by atoms with van der Waals surface area (Å²) in [7, 11) is 0. The lowest BCUT2D eigenvalue weighted by atomic mass is 9.99. The van der Waals surface area contributed by atoms with Gasteiger partial charge in [0.15, 0.2) is 0 Å². The quantitative estimate of drug-likeness (QED) is 0.918. The third-order valence-corrected chi connectivity index (χ3v) is 3.89. The number of aryl methyl sites for hydroxylation is 2. The topological polar surface area (TPSA) is 29.5 Å². The van der Waals surface area contributed by atoms with E-state index in [1.165, 1.54) is 16.7 Å². The van der Waals surface area contributed by atoms with Crippen LogP contribution in [0.4, 0.5) is 0 Å². The Labute approximate surface area is 120 Å². The molecule has 2 aromatic carbocycles. The monoisotopic (exact) mass is 268 g/mol. The van der Waals surface area contributed by atoms with Gasteiger partial charge in [0.2, 0.25) is 0 Å². The van der Waals surface area contributed by atoms with Crippen LogP contribution in [0.25, 0.3) is 0 Å². The van der Waals surface area contributed by atoms with Crippen molar-refractivity contribution in [1.29, 1.82) is 0 Å². The number of fused-ring (bicyclic) bond motifs is 1. The molecule has 1 aliphatic heterocycles. The van der Waals surface area contributed by atoms with Crippen molar-refractivity contribution in [2.75, 3.05) is 6.61 Å². The molecule has 2 aromatic rings. The van der Waals surface area contributed by atoms with Crippen molar-refractivity contribution in [2.24, 2.45) is 0 Å².